The second kappa shape index (κ2) is 9.05. The molecule has 1 amide bonds. The average Bonchev–Trinajstić information content (AvgIpc) is 3.40. The Bertz CT molecular complexity index is 1160. The quantitative estimate of drug-likeness (QED) is 0.582. The minimum Gasteiger partial charge on any atom is -0.496 e. The number of methoxy groups -OCH3 is 1. The van der Waals surface area contributed by atoms with Gasteiger partial charge in [-0.3, -0.25) is 4.79 Å². The summed E-state index contributed by atoms with van der Waals surface area (Å²) < 4.78 is 24.9. The van der Waals surface area contributed by atoms with Crippen molar-refractivity contribution in [2.45, 2.75) is 25.8 Å². The summed E-state index contributed by atoms with van der Waals surface area (Å²) in [6.45, 7) is 2.68. The fraction of sp³-hybridized carbons (Fsp3) is 0.320. The van der Waals surface area contributed by atoms with E-state index in [1.165, 1.54) is 12.1 Å². The number of benzene rings is 2. The van der Waals surface area contributed by atoms with Gasteiger partial charge in [0, 0.05) is 26.1 Å². The van der Waals surface area contributed by atoms with E-state index in [1.54, 1.807) is 36.3 Å². The maximum atomic E-state index is 13.4. The molecule has 0 spiro atoms. The number of halogens is 1. The number of anilines is 1. The second-order valence-electron chi connectivity index (χ2n) is 8.18. The van der Waals surface area contributed by atoms with Gasteiger partial charge in [0.2, 0.25) is 11.8 Å². The molecule has 1 aromatic heterocycles. The first-order valence-electron chi connectivity index (χ1n) is 11.1. The molecule has 8 heteroatoms. The summed E-state index contributed by atoms with van der Waals surface area (Å²) in [4.78, 5) is 26.8. The molecule has 0 saturated carbocycles. The maximum absolute atomic E-state index is 13.4. The van der Waals surface area contributed by atoms with Gasteiger partial charge in [-0.1, -0.05) is 12.1 Å². The first-order chi connectivity index (χ1) is 16.1. The van der Waals surface area contributed by atoms with Crippen LogP contribution in [0.5, 0.6) is 17.4 Å². The van der Waals surface area contributed by atoms with Crippen molar-refractivity contribution in [2.24, 2.45) is 0 Å². The van der Waals surface area contributed by atoms with Crippen LogP contribution >= 0.6 is 0 Å². The van der Waals surface area contributed by atoms with Gasteiger partial charge >= 0.3 is 0 Å². The molecule has 1 saturated heterocycles. The summed E-state index contributed by atoms with van der Waals surface area (Å²) >= 11 is 0. The topological polar surface area (TPSA) is 67.8 Å². The Hall–Kier alpha value is -3.68. The van der Waals surface area contributed by atoms with Gasteiger partial charge in [0.25, 0.3) is 5.91 Å². The van der Waals surface area contributed by atoms with E-state index in [4.69, 9.17) is 19.4 Å². The van der Waals surface area contributed by atoms with Crippen molar-refractivity contribution < 1.29 is 18.7 Å². The van der Waals surface area contributed by atoms with E-state index in [9.17, 15) is 9.18 Å². The zero-order valence-corrected chi connectivity index (χ0v) is 18.5. The number of nitrogens with zero attached hydrogens (tertiary/aromatic N) is 4. The third-order valence-corrected chi connectivity index (χ3v) is 6.05. The Morgan fingerprint density at radius 1 is 1.00 bits per heavy atom. The van der Waals surface area contributed by atoms with Gasteiger partial charge in [-0.2, -0.15) is 4.98 Å². The number of carbonyl (C=O) groups excluding carboxylic acids is 1. The van der Waals surface area contributed by atoms with Crippen molar-refractivity contribution in [2.75, 3.05) is 31.6 Å². The van der Waals surface area contributed by atoms with Gasteiger partial charge in [0.1, 0.15) is 17.3 Å². The lowest BCUT2D eigenvalue weighted by molar-refractivity contribution is 0.0728. The summed E-state index contributed by atoms with van der Waals surface area (Å²) in [5.41, 5.74) is 2.17. The van der Waals surface area contributed by atoms with E-state index < -0.39 is 0 Å². The molecule has 0 N–H and O–H groups in total. The van der Waals surface area contributed by atoms with Gasteiger partial charge in [0.15, 0.2) is 0 Å². The second-order valence-corrected chi connectivity index (χ2v) is 8.18. The smallest absolute Gasteiger partial charge is 0.257 e. The van der Waals surface area contributed by atoms with E-state index in [0.717, 1.165) is 37.2 Å². The van der Waals surface area contributed by atoms with Crippen LogP contribution in [0.25, 0.3) is 0 Å². The number of ether oxygens (including phenoxy) is 2. The Morgan fingerprint density at radius 2 is 1.76 bits per heavy atom. The van der Waals surface area contributed by atoms with Crippen LogP contribution in [0.4, 0.5) is 10.3 Å². The number of rotatable bonds is 5. The zero-order chi connectivity index (χ0) is 22.8. The molecular formula is C25H25FN4O3. The van der Waals surface area contributed by atoms with Crippen LogP contribution in [-0.4, -0.2) is 47.5 Å². The minimum atomic E-state index is -0.335. The third-order valence-electron chi connectivity index (χ3n) is 6.05. The number of amides is 1. The summed E-state index contributed by atoms with van der Waals surface area (Å²) in [6, 6.07) is 13.0. The van der Waals surface area contributed by atoms with E-state index in [2.05, 4.69) is 4.90 Å². The molecule has 5 rings (SSSR count). The molecule has 2 aliphatic rings. The molecule has 2 aliphatic heterocycles. The molecule has 0 atom stereocenters. The largest absolute Gasteiger partial charge is 0.496 e. The molecule has 33 heavy (non-hydrogen) atoms. The molecule has 170 valence electrons. The molecule has 1 fully saturated rings. The predicted molar refractivity (Wildman–Crippen MR) is 121 cm³/mol. The normalized spacial score (nSPS) is 15.3. The maximum Gasteiger partial charge on any atom is 0.257 e. The number of hydrogen-bond donors (Lipinski definition) is 0. The van der Waals surface area contributed by atoms with Crippen LogP contribution in [0.2, 0.25) is 0 Å². The molecule has 3 heterocycles. The first-order valence-corrected chi connectivity index (χ1v) is 11.1. The predicted octanol–water partition coefficient (Wildman–Crippen LogP) is 4.22. The summed E-state index contributed by atoms with van der Waals surface area (Å²) in [5, 5.41) is 0. The molecule has 2 aromatic carbocycles. The van der Waals surface area contributed by atoms with Crippen LogP contribution in [0.3, 0.4) is 0 Å². The molecule has 7 nitrogen and oxygen atoms in total. The van der Waals surface area contributed by atoms with Crippen LogP contribution < -0.4 is 14.4 Å². The molecule has 0 radical (unpaired) electrons. The van der Waals surface area contributed by atoms with Crippen LogP contribution in [0.1, 0.15) is 34.5 Å². The lowest BCUT2D eigenvalue weighted by Gasteiger charge is -2.30. The standard InChI is InChI=1S/C25H25FN4O3/c1-32-22-7-3-2-6-19(22)24(31)30-15-12-21-20(16-30)23(33-18-10-8-17(26)9-11-18)28-25(27-21)29-13-4-5-14-29/h2-3,6-11H,4-5,12-16H2,1H3. The van der Waals surface area contributed by atoms with Crippen molar-refractivity contribution in [3.8, 4) is 17.4 Å². The van der Waals surface area contributed by atoms with Crippen molar-refractivity contribution in [1.29, 1.82) is 0 Å². The highest BCUT2D eigenvalue weighted by Gasteiger charge is 2.29. The van der Waals surface area contributed by atoms with Gasteiger partial charge in [-0.15, -0.1) is 0 Å². The number of carbonyl (C=O) groups is 1. The van der Waals surface area contributed by atoms with Crippen molar-refractivity contribution >= 4 is 11.9 Å². The minimum absolute atomic E-state index is 0.116. The lowest BCUT2D eigenvalue weighted by atomic mass is 10.0. The number of aromatic nitrogens is 2. The fourth-order valence-corrected chi connectivity index (χ4v) is 4.29. The average molecular weight is 448 g/mol. The van der Waals surface area contributed by atoms with Crippen molar-refractivity contribution in [1.82, 2.24) is 14.9 Å². The van der Waals surface area contributed by atoms with Gasteiger partial charge in [0.05, 0.1) is 30.5 Å². The highest BCUT2D eigenvalue weighted by molar-refractivity contribution is 5.97. The molecule has 3 aromatic rings. The highest BCUT2D eigenvalue weighted by Crippen LogP contribution is 2.33. The fourth-order valence-electron chi connectivity index (χ4n) is 4.29. The Kier molecular flexibility index (Phi) is 5.81. The molecule has 0 aliphatic carbocycles. The van der Waals surface area contributed by atoms with Crippen LogP contribution in [0.15, 0.2) is 48.5 Å². The molecular weight excluding hydrogens is 423 g/mol. The van der Waals surface area contributed by atoms with Crippen LogP contribution in [0, 0.1) is 5.82 Å². The highest BCUT2D eigenvalue weighted by atomic mass is 19.1. The van der Waals surface area contributed by atoms with Gasteiger partial charge < -0.3 is 19.3 Å². The summed E-state index contributed by atoms with van der Waals surface area (Å²) in [6.07, 6.45) is 2.81. The Balaban J connectivity index is 1.49. The van der Waals surface area contributed by atoms with E-state index >= 15 is 0 Å². The SMILES string of the molecule is COc1ccccc1C(=O)N1CCc2nc(N3CCCC3)nc(Oc3ccc(F)cc3)c2C1. The van der Waals surface area contributed by atoms with E-state index in [-0.39, 0.29) is 11.7 Å². The van der Waals surface area contributed by atoms with E-state index in [0.29, 0.717) is 48.4 Å². The van der Waals surface area contributed by atoms with Crippen molar-refractivity contribution in [3.05, 3.63) is 71.2 Å². The summed E-state index contributed by atoms with van der Waals surface area (Å²) in [5.74, 6) is 1.63. The van der Waals surface area contributed by atoms with Gasteiger partial charge in [-0.25, -0.2) is 9.37 Å². The number of fused-ring (bicyclic) bond motifs is 1. The Morgan fingerprint density at radius 3 is 2.52 bits per heavy atom. The Labute approximate surface area is 191 Å². The van der Waals surface area contributed by atoms with Crippen molar-refractivity contribution in [3.63, 3.8) is 0 Å². The van der Waals surface area contributed by atoms with Crippen LogP contribution in [-0.2, 0) is 13.0 Å². The number of para-hydroxylation sites is 1. The lowest BCUT2D eigenvalue weighted by Crippen LogP contribution is -2.37. The van der Waals surface area contributed by atoms with E-state index in [1.807, 2.05) is 12.1 Å². The van der Waals surface area contributed by atoms with Gasteiger partial charge in [-0.05, 0) is 49.2 Å². The molecule has 0 bridgehead atoms. The summed E-state index contributed by atoms with van der Waals surface area (Å²) in [7, 11) is 1.56. The molecule has 0 unspecified atom stereocenters. The third kappa shape index (κ3) is 4.33. The number of hydrogen-bond acceptors (Lipinski definition) is 6. The first kappa shape index (κ1) is 21.2. The monoisotopic (exact) mass is 448 g/mol. The zero-order valence-electron chi connectivity index (χ0n) is 18.5.